The number of hydrogen-bond acceptors (Lipinski definition) is 3. The molecule has 8 heteroatoms. The van der Waals surface area contributed by atoms with Crippen LogP contribution in [0.2, 0.25) is 15.1 Å². The maximum absolute atomic E-state index is 12.2. The average molecular weight is 367 g/mol. The van der Waals surface area contributed by atoms with Gasteiger partial charge in [-0.2, -0.15) is 0 Å². The number of halogens is 3. The van der Waals surface area contributed by atoms with Crippen molar-refractivity contribution >= 4 is 44.6 Å². The lowest BCUT2D eigenvalue weighted by atomic mass is 10.2. The second-order valence-corrected chi connectivity index (χ2v) is 7.77. The zero-order chi connectivity index (χ0) is 15.6. The summed E-state index contributed by atoms with van der Waals surface area (Å²) >= 11 is 17.4. The number of aromatic nitrogens is 1. The minimum atomic E-state index is -3.54. The smallest absolute Gasteiger partial charge is 0.252 e. The van der Waals surface area contributed by atoms with Crippen LogP contribution < -0.4 is 5.56 Å². The topological polar surface area (TPSA) is 67.0 Å². The van der Waals surface area contributed by atoms with Crippen LogP contribution in [0.15, 0.2) is 35.3 Å². The molecule has 0 spiro atoms. The van der Waals surface area contributed by atoms with Crippen molar-refractivity contribution in [3.63, 3.8) is 0 Å². The Kier molecular flexibility index (Phi) is 4.99. The number of sulfone groups is 1. The highest BCUT2D eigenvalue weighted by molar-refractivity contribution is 7.89. The highest BCUT2D eigenvalue weighted by Gasteiger charge is 2.16. The number of H-pyrrole nitrogens is 1. The van der Waals surface area contributed by atoms with Crippen LogP contribution in [0.3, 0.4) is 0 Å². The Balaban J connectivity index is 2.24. The van der Waals surface area contributed by atoms with Crippen molar-refractivity contribution in [3.05, 3.63) is 67.0 Å². The third-order valence-corrected chi connectivity index (χ3v) is 5.17. The molecule has 2 aromatic rings. The van der Waals surface area contributed by atoms with Gasteiger partial charge >= 0.3 is 0 Å². The molecule has 0 saturated carbocycles. The Morgan fingerprint density at radius 2 is 1.71 bits per heavy atom. The van der Waals surface area contributed by atoms with Gasteiger partial charge in [-0.3, -0.25) is 4.79 Å². The van der Waals surface area contributed by atoms with Gasteiger partial charge in [-0.1, -0.05) is 40.9 Å². The van der Waals surface area contributed by atoms with Crippen molar-refractivity contribution in [1.29, 1.82) is 0 Å². The molecule has 0 aliphatic rings. The molecule has 0 unspecified atom stereocenters. The summed E-state index contributed by atoms with van der Waals surface area (Å²) in [5, 5.41) is 0.906. The molecule has 0 atom stereocenters. The standard InChI is InChI=1S/C13H10Cl3NO3S/c14-10-4-9(13(18)17-5-10)7-21(19,20)6-8-1-2-11(15)12(16)3-8/h1-5H,6-7H2,(H,17,18). The summed E-state index contributed by atoms with van der Waals surface area (Å²) in [6.07, 6.45) is 1.30. The van der Waals surface area contributed by atoms with Gasteiger partial charge in [0, 0.05) is 11.8 Å². The summed E-state index contributed by atoms with van der Waals surface area (Å²) in [7, 11) is -3.54. The SMILES string of the molecule is O=c1[nH]cc(Cl)cc1CS(=O)(=O)Cc1ccc(Cl)c(Cl)c1. The maximum Gasteiger partial charge on any atom is 0.252 e. The maximum atomic E-state index is 12.2. The molecule has 1 heterocycles. The van der Waals surface area contributed by atoms with Crippen LogP contribution in [0.4, 0.5) is 0 Å². The molecule has 0 fully saturated rings. The van der Waals surface area contributed by atoms with Crippen LogP contribution in [-0.4, -0.2) is 13.4 Å². The van der Waals surface area contributed by atoms with Crippen LogP contribution in [0.1, 0.15) is 11.1 Å². The van der Waals surface area contributed by atoms with E-state index in [0.29, 0.717) is 10.6 Å². The summed E-state index contributed by atoms with van der Waals surface area (Å²) in [4.78, 5) is 14.0. The van der Waals surface area contributed by atoms with Crippen LogP contribution >= 0.6 is 34.8 Å². The van der Waals surface area contributed by atoms with Crippen LogP contribution in [0, 0.1) is 0 Å². The lowest BCUT2D eigenvalue weighted by Gasteiger charge is -2.06. The van der Waals surface area contributed by atoms with Crippen molar-refractivity contribution in [2.45, 2.75) is 11.5 Å². The van der Waals surface area contributed by atoms with Crippen LogP contribution in [-0.2, 0) is 21.3 Å². The van der Waals surface area contributed by atoms with Crippen molar-refractivity contribution in [2.24, 2.45) is 0 Å². The molecule has 0 saturated heterocycles. The van der Waals surface area contributed by atoms with Gasteiger partial charge in [0.2, 0.25) is 0 Å². The number of benzene rings is 1. The first-order valence-corrected chi connectivity index (χ1v) is 8.74. The lowest BCUT2D eigenvalue weighted by Crippen LogP contribution is -2.17. The van der Waals surface area contributed by atoms with E-state index in [2.05, 4.69) is 4.98 Å². The minimum absolute atomic E-state index is 0.0996. The molecule has 0 aliphatic carbocycles. The number of nitrogens with one attached hydrogen (secondary N) is 1. The van der Waals surface area contributed by atoms with Crippen molar-refractivity contribution in [1.82, 2.24) is 4.98 Å². The minimum Gasteiger partial charge on any atom is -0.327 e. The summed E-state index contributed by atoms with van der Waals surface area (Å²) in [5.41, 5.74) is 0.127. The molecular formula is C13H10Cl3NO3S. The molecule has 112 valence electrons. The second-order valence-electron chi connectivity index (χ2n) is 4.45. The van der Waals surface area contributed by atoms with E-state index in [9.17, 15) is 13.2 Å². The Morgan fingerprint density at radius 3 is 2.38 bits per heavy atom. The third-order valence-electron chi connectivity index (χ3n) is 2.69. The van der Waals surface area contributed by atoms with E-state index < -0.39 is 21.1 Å². The predicted octanol–water partition coefficient (Wildman–Crippen LogP) is 3.45. The van der Waals surface area contributed by atoms with E-state index >= 15 is 0 Å². The molecule has 2 rings (SSSR count). The number of pyridine rings is 1. The van der Waals surface area contributed by atoms with E-state index in [1.165, 1.54) is 24.4 Å². The van der Waals surface area contributed by atoms with Crippen molar-refractivity contribution < 1.29 is 8.42 Å². The quantitative estimate of drug-likeness (QED) is 0.901. The molecule has 1 N–H and O–H groups in total. The van der Waals surface area contributed by atoms with Gasteiger partial charge in [-0.05, 0) is 23.8 Å². The summed E-state index contributed by atoms with van der Waals surface area (Å²) in [6.45, 7) is 0. The first kappa shape index (κ1) is 16.4. The van der Waals surface area contributed by atoms with Crippen LogP contribution in [0.5, 0.6) is 0 Å². The summed E-state index contributed by atoms with van der Waals surface area (Å²) < 4.78 is 24.3. The Morgan fingerprint density at radius 1 is 1.00 bits per heavy atom. The Hall–Kier alpha value is -1.01. The van der Waals surface area contributed by atoms with Crippen molar-refractivity contribution in [2.75, 3.05) is 0 Å². The number of hydrogen-bond donors (Lipinski definition) is 1. The van der Waals surface area contributed by atoms with E-state index in [1.54, 1.807) is 6.07 Å². The monoisotopic (exact) mass is 365 g/mol. The van der Waals surface area contributed by atoms with Gasteiger partial charge < -0.3 is 4.98 Å². The van der Waals surface area contributed by atoms with E-state index in [0.717, 1.165) is 0 Å². The molecule has 0 amide bonds. The van der Waals surface area contributed by atoms with E-state index in [4.69, 9.17) is 34.8 Å². The fourth-order valence-electron chi connectivity index (χ4n) is 1.78. The molecule has 1 aromatic carbocycles. The Bertz CT molecular complexity index is 831. The highest BCUT2D eigenvalue weighted by atomic mass is 35.5. The van der Waals surface area contributed by atoms with Gasteiger partial charge in [0.05, 0.1) is 26.6 Å². The molecule has 21 heavy (non-hydrogen) atoms. The second kappa shape index (κ2) is 6.40. The van der Waals surface area contributed by atoms with Gasteiger partial charge in [-0.25, -0.2) is 8.42 Å². The highest BCUT2D eigenvalue weighted by Crippen LogP contribution is 2.24. The average Bonchev–Trinajstić information content (AvgIpc) is 2.37. The van der Waals surface area contributed by atoms with Crippen LogP contribution in [0.25, 0.3) is 0 Å². The summed E-state index contributed by atoms with van der Waals surface area (Å²) in [5.74, 6) is -0.640. The first-order valence-electron chi connectivity index (χ1n) is 5.78. The zero-order valence-electron chi connectivity index (χ0n) is 10.6. The van der Waals surface area contributed by atoms with E-state index in [-0.39, 0.29) is 21.4 Å². The van der Waals surface area contributed by atoms with Crippen molar-refractivity contribution in [3.8, 4) is 0 Å². The van der Waals surface area contributed by atoms with Gasteiger partial charge in [0.1, 0.15) is 0 Å². The molecular weight excluding hydrogens is 357 g/mol. The normalized spacial score (nSPS) is 11.6. The number of rotatable bonds is 4. The molecule has 0 aliphatic heterocycles. The number of aromatic amines is 1. The predicted molar refractivity (Wildman–Crippen MR) is 84.9 cm³/mol. The third kappa shape index (κ3) is 4.48. The molecule has 4 nitrogen and oxygen atoms in total. The molecule has 0 radical (unpaired) electrons. The zero-order valence-corrected chi connectivity index (χ0v) is 13.7. The lowest BCUT2D eigenvalue weighted by molar-refractivity contribution is 0.594. The first-order chi connectivity index (χ1) is 9.77. The van der Waals surface area contributed by atoms with Gasteiger partial charge in [0.15, 0.2) is 9.84 Å². The fraction of sp³-hybridized carbons (Fsp3) is 0.154. The molecule has 1 aromatic heterocycles. The van der Waals surface area contributed by atoms with E-state index in [1.807, 2.05) is 0 Å². The molecule has 0 bridgehead atoms. The van der Waals surface area contributed by atoms with Gasteiger partial charge in [-0.15, -0.1) is 0 Å². The summed E-state index contributed by atoms with van der Waals surface area (Å²) in [6, 6.07) is 5.94. The van der Waals surface area contributed by atoms with Gasteiger partial charge in [0.25, 0.3) is 5.56 Å². The largest absolute Gasteiger partial charge is 0.327 e. The fourth-order valence-corrected chi connectivity index (χ4v) is 3.76. The Labute approximate surface area is 136 Å².